The molecular formula is C27H29F2N3O4. The van der Waals surface area contributed by atoms with E-state index < -0.39 is 17.6 Å². The molecule has 2 saturated carbocycles. The maximum absolute atomic E-state index is 14.5. The summed E-state index contributed by atoms with van der Waals surface area (Å²) in [4.78, 5) is 17.6. The van der Waals surface area contributed by atoms with Gasteiger partial charge in [-0.2, -0.15) is 0 Å². The van der Waals surface area contributed by atoms with Crippen molar-refractivity contribution in [2.45, 2.75) is 31.8 Å². The first-order valence-corrected chi connectivity index (χ1v) is 12.2. The second-order valence-electron chi connectivity index (χ2n) is 9.83. The minimum atomic E-state index is -0.995. The Morgan fingerprint density at radius 1 is 1.14 bits per heavy atom. The number of allylic oxidation sites excluding steroid dienone is 1. The molecule has 0 radical (unpaired) electrons. The first-order valence-electron chi connectivity index (χ1n) is 12.2. The van der Waals surface area contributed by atoms with E-state index in [9.17, 15) is 13.6 Å². The largest absolute Gasteiger partial charge is 0.500 e. The topological polar surface area (TPSA) is 95.7 Å². The fourth-order valence-electron chi connectivity index (χ4n) is 5.50. The molecule has 2 N–H and O–H groups in total. The Balaban J connectivity index is 1.25. The third-order valence-electron chi connectivity index (χ3n) is 7.47. The van der Waals surface area contributed by atoms with Crippen molar-refractivity contribution in [2.24, 2.45) is 17.8 Å². The molecule has 1 saturated heterocycles. The van der Waals surface area contributed by atoms with Gasteiger partial charge in [0.15, 0.2) is 0 Å². The van der Waals surface area contributed by atoms with Crippen LogP contribution in [0.4, 0.5) is 14.6 Å². The van der Waals surface area contributed by atoms with E-state index in [1.807, 2.05) is 0 Å². The summed E-state index contributed by atoms with van der Waals surface area (Å²) < 4.78 is 40.8. The van der Waals surface area contributed by atoms with Crippen LogP contribution in [0.2, 0.25) is 0 Å². The number of aromatic nitrogens is 1. The predicted octanol–water partition coefficient (Wildman–Crippen LogP) is 4.67. The van der Waals surface area contributed by atoms with Gasteiger partial charge in [-0.05, 0) is 61.8 Å². The molecule has 36 heavy (non-hydrogen) atoms. The number of pyridine rings is 1. The third-order valence-corrected chi connectivity index (χ3v) is 7.47. The summed E-state index contributed by atoms with van der Waals surface area (Å²) in [5, 5.41) is 17.7. The molecule has 3 atom stereocenters. The first kappa shape index (κ1) is 24.4. The molecule has 1 aliphatic heterocycles. The van der Waals surface area contributed by atoms with E-state index in [4.69, 9.17) is 20.0 Å². The number of fused-ring (bicyclic) bond motifs is 1. The Morgan fingerprint density at radius 2 is 1.81 bits per heavy atom. The molecule has 2 aromatic rings. The van der Waals surface area contributed by atoms with E-state index in [0.717, 1.165) is 56.7 Å². The van der Waals surface area contributed by atoms with Gasteiger partial charge in [-0.25, -0.2) is 18.6 Å². The smallest absolute Gasteiger partial charge is 0.337 e. The Hall–Kier alpha value is -3.33. The molecule has 1 aromatic carbocycles. The second kappa shape index (κ2) is 9.97. The van der Waals surface area contributed by atoms with Gasteiger partial charge >= 0.3 is 5.97 Å². The van der Waals surface area contributed by atoms with Crippen LogP contribution in [-0.4, -0.2) is 54.7 Å². The maximum Gasteiger partial charge on any atom is 0.337 e. The zero-order valence-corrected chi connectivity index (χ0v) is 20.0. The average molecular weight is 498 g/mol. The molecule has 3 aliphatic rings. The number of anilines is 1. The van der Waals surface area contributed by atoms with Crippen molar-refractivity contribution in [3.8, 4) is 0 Å². The van der Waals surface area contributed by atoms with Crippen LogP contribution in [0.1, 0.15) is 41.6 Å². The molecule has 190 valence electrons. The summed E-state index contributed by atoms with van der Waals surface area (Å²) in [5.74, 6) is -0.206. The van der Waals surface area contributed by atoms with Crippen molar-refractivity contribution in [1.29, 1.82) is 5.41 Å². The van der Waals surface area contributed by atoms with Crippen LogP contribution in [-0.2, 0) is 9.47 Å². The summed E-state index contributed by atoms with van der Waals surface area (Å²) in [5.41, 5.74) is -0.00965. The number of hydrogen-bond donors (Lipinski definition) is 2. The highest BCUT2D eigenvalue weighted by molar-refractivity contribution is 6.11. The van der Waals surface area contributed by atoms with Crippen molar-refractivity contribution in [3.63, 3.8) is 0 Å². The third kappa shape index (κ3) is 4.84. The molecule has 2 heterocycles. The number of carboxylic acids is 1. The van der Waals surface area contributed by atoms with Crippen LogP contribution in [0.3, 0.4) is 0 Å². The van der Waals surface area contributed by atoms with Gasteiger partial charge in [-0.3, -0.25) is 5.41 Å². The highest BCUT2D eigenvalue weighted by atomic mass is 19.1. The Kier molecular flexibility index (Phi) is 6.75. The Morgan fingerprint density at radius 3 is 2.33 bits per heavy atom. The second-order valence-corrected chi connectivity index (χ2v) is 9.83. The fraction of sp³-hybridized carbons (Fsp3) is 0.444. The minimum Gasteiger partial charge on any atom is -0.500 e. The van der Waals surface area contributed by atoms with Crippen LogP contribution in [0.25, 0.3) is 0 Å². The number of nitrogens with zero attached hydrogens (tertiary/aromatic N) is 2. The van der Waals surface area contributed by atoms with Crippen LogP contribution in [0.15, 0.2) is 47.9 Å². The number of carbonyl (C=O) groups is 1. The number of halogens is 2. The van der Waals surface area contributed by atoms with E-state index >= 15 is 0 Å². The number of rotatable bonds is 9. The van der Waals surface area contributed by atoms with Crippen LogP contribution < -0.4 is 4.90 Å². The molecule has 0 spiro atoms. The van der Waals surface area contributed by atoms with Gasteiger partial charge in [0.1, 0.15) is 23.2 Å². The van der Waals surface area contributed by atoms with Crippen molar-refractivity contribution in [2.75, 3.05) is 31.7 Å². The zero-order chi connectivity index (χ0) is 25.4. The molecule has 1 unspecified atom stereocenters. The lowest BCUT2D eigenvalue weighted by Gasteiger charge is -2.22. The summed E-state index contributed by atoms with van der Waals surface area (Å²) >= 11 is 0. The highest BCUT2D eigenvalue weighted by Gasteiger charge is 2.42. The van der Waals surface area contributed by atoms with Crippen LogP contribution in [0, 0.1) is 34.8 Å². The molecule has 1 aromatic heterocycles. The summed E-state index contributed by atoms with van der Waals surface area (Å²) in [6, 6.07) is 6.91. The van der Waals surface area contributed by atoms with Crippen LogP contribution in [0.5, 0.6) is 0 Å². The van der Waals surface area contributed by atoms with E-state index in [2.05, 4.69) is 9.88 Å². The van der Waals surface area contributed by atoms with Crippen LogP contribution >= 0.6 is 0 Å². The quantitative estimate of drug-likeness (QED) is 0.386. The maximum atomic E-state index is 14.5. The van der Waals surface area contributed by atoms with Crippen molar-refractivity contribution >= 4 is 17.5 Å². The van der Waals surface area contributed by atoms with Gasteiger partial charge in [0.2, 0.25) is 0 Å². The van der Waals surface area contributed by atoms with Crippen molar-refractivity contribution in [3.05, 3.63) is 70.6 Å². The molecule has 9 heteroatoms. The Bertz CT molecular complexity index is 1160. The lowest BCUT2D eigenvalue weighted by Crippen LogP contribution is -2.25. The summed E-state index contributed by atoms with van der Waals surface area (Å²) in [7, 11) is 1.53. The van der Waals surface area contributed by atoms with E-state index in [0.29, 0.717) is 23.2 Å². The predicted molar refractivity (Wildman–Crippen MR) is 129 cm³/mol. The van der Waals surface area contributed by atoms with E-state index in [-0.39, 0.29) is 35.5 Å². The number of ether oxygens (including phenoxy) is 2. The van der Waals surface area contributed by atoms with Gasteiger partial charge in [-0.1, -0.05) is 6.07 Å². The summed E-state index contributed by atoms with van der Waals surface area (Å²) in [6.07, 6.45) is 4.89. The first-order chi connectivity index (χ1) is 17.4. The minimum absolute atomic E-state index is 0.0185. The highest BCUT2D eigenvalue weighted by Crippen LogP contribution is 2.42. The van der Waals surface area contributed by atoms with Gasteiger partial charge in [0.25, 0.3) is 0 Å². The molecule has 7 nitrogen and oxygen atoms in total. The number of methoxy groups -OCH3 is 1. The van der Waals surface area contributed by atoms with E-state index in [1.165, 1.54) is 19.4 Å². The fourth-order valence-corrected chi connectivity index (χ4v) is 5.50. The zero-order valence-electron chi connectivity index (χ0n) is 20.0. The van der Waals surface area contributed by atoms with Gasteiger partial charge in [-0.15, -0.1) is 0 Å². The average Bonchev–Trinajstić information content (AvgIpc) is 3.50. The number of benzene rings is 1. The lowest BCUT2D eigenvalue weighted by molar-refractivity contribution is 0.0689. The summed E-state index contributed by atoms with van der Waals surface area (Å²) in [6.45, 7) is 1.70. The number of hydrogen-bond acceptors (Lipinski definition) is 6. The normalized spacial score (nSPS) is 23.9. The molecule has 2 aliphatic carbocycles. The lowest BCUT2D eigenvalue weighted by atomic mass is 9.99. The van der Waals surface area contributed by atoms with Gasteiger partial charge in [0, 0.05) is 30.8 Å². The standard InChI is InChI=1S/C27H29F2N3O4/c1-35-26(15-5-6-15)20(25(30)24-21(28)3-2-4-22(24)29)14-36-19-9-17-12-32(13-18(17)10-19)23-8-7-16(11-31-23)27(33)34/h2-4,7-8,11,15,17-19,30H,5-6,9-10,12-14H2,1H3,(H,33,34)/b26-20-,30-25?/t17-,18+,19?. The molecule has 5 rings (SSSR count). The Labute approximate surface area is 208 Å². The van der Waals surface area contributed by atoms with Gasteiger partial charge in [0.05, 0.1) is 36.7 Å². The molecule has 0 amide bonds. The number of nitrogens with one attached hydrogen (secondary N) is 1. The monoisotopic (exact) mass is 497 g/mol. The van der Waals surface area contributed by atoms with Gasteiger partial charge < -0.3 is 19.5 Å². The van der Waals surface area contributed by atoms with Crippen molar-refractivity contribution in [1.82, 2.24) is 4.98 Å². The molecular weight excluding hydrogens is 468 g/mol. The SMILES string of the molecule is CO/C(=C(/COC1C[C@@H]2CN(c3ccc(C(=O)O)cn3)C[C@@H]2C1)C(=N)c1c(F)cccc1F)C1CC1. The number of carboxylic acid groups (broad SMARTS) is 1. The van der Waals surface area contributed by atoms with Crippen molar-refractivity contribution < 1.29 is 28.2 Å². The molecule has 3 fully saturated rings. The van der Waals surface area contributed by atoms with E-state index in [1.54, 1.807) is 12.1 Å². The molecule has 0 bridgehead atoms. The number of aromatic carboxylic acids is 1.